The number of rotatable bonds is 5. The summed E-state index contributed by atoms with van der Waals surface area (Å²) in [5.41, 5.74) is 0.949. The molecule has 2 rings (SSSR count). The minimum atomic E-state index is 0.562. The molecule has 0 aliphatic heterocycles. The minimum absolute atomic E-state index is 0.562. The lowest BCUT2D eigenvalue weighted by molar-refractivity contribution is 0.317. The molecule has 104 valence electrons. The molecule has 0 atom stereocenters. The van der Waals surface area contributed by atoms with Crippen molar-refractivity contribution in [3.8, 4) is 17.6 Å². The predicted molar refractivity (Wildman–Crippen MR) is 81.1 cm³/mol. The lowest BCUT2D eigenvalue weighted by Gasteiger charge is -2.06. The van der Waals surface area contributed by atoms with Crippen LogP contribution < -0.4 is 4.74 Å². The zero-order valence-electron chi connectivity index (χ0n) is 11.5. The zero-order valence-corrected chi connectivity index (χ0v) is 12.2. The standard InChI is InChI=1S/C16H17ClN2O/c1-19-11-10-18-16(19)8-12-20-15-7-4-6-14(13-15)5-2-3-9-17/h4,6-7,10-11,13H,3,8-9,12H2,1H3. The average Bonchev–Trinajstić information content (AvgIpc) is 2.85. The number of halogens is 1. The van der Waals surface area contributed by atoms with Gasteiger partial charge in [0, 0.05) is 43.7 Å². The Balaban J connectivity index is 1.89. The summed E-state index contributed by atoms with van der Waals surface area (Å²) in [6, 6.07) is 7.79. The van der Waals surface area contributed by atoms with E-state index in [2.05, 4.69) is 16.8 Å². The van der Waals surface area contributed by atoms with Crippen molar-refractivity contribution in [2.75, 3.05) is 12.5 Å². The Bertz CT molecular complexity index is 610. The van der Waals surface area contributed by atoms with Gasteiger partial charge in [-0.2, -0.15) is 0 Å². The van der Waals surface area contributed by atoms with E-state index < -0.39 is 0 Å². The first kappa shape index (κ1) is 14.5. The number of ether oxygens (including phenoxy) is 1. The first-order valence-electron chi connectivity index (χ1n) is 6.53. The second kappa shape index (κ2) is 7.62. The van der Waals surface area contributed by atoms with Gasteiger partial charge < -0.3 is 9.30 Å². The molecule has 0 saturated heterocycles. The molecule has 3 nitrogen and oxygen atoms in total. The van der Waals surface area contributed by atoms with Crippen LogP contribution in [0.25, 0.3) is 0 Å². The highest BCUT2D eigenvalue weighted by Crippen LogP contribution is 2.13. The van der Waals surface area contributed by atoms with E-state index in [1.807, 2.05) is 42.1 Å². The van der Waals surface area contributed by atoms with Crippen LogP contribution in [0.4, 0.5) is 0 Å². The molecule has 0 fully saturated rings. The highest BCUT2D eigenvalue weighted by atomic mass is 35.5. The van der Waals surface area contributed by atoms with Gasteiger partial charge in [-0.15, -0.1) is 11.6 Å². The van der Waals surface area contributed by atoms with E-state index in [1.165, 1.54) is 0 Å². The summed E-state index contributed by atoms with van der Waals surface area (Å²) in [7, 11) is 1.98. The van der Waals surface area contributed by atoms with Gasteiger partial charge in [-0.1, -0.05) is 17.9 Å². The van der Waals surface area contributed by atoms with Crippen LogP contribution in [-0.2, 0) is 13.5 Å². The second-order valence-electron chi connectivity index (χ2n) is 4.32. The number of alkyl halides is 1. The Hall–Kier alpha value is -1.92. The number of imidazole rings is 1. The second-order valence-corrected chi connectivity index (χ2v) is 4.70. The van der Waals surface area contributed by atoms with Gasteiger partial charge in [0.25, 0.3) is 0 Å². The first-order valence-corrected chi connectivity index (χ1v) is 7.07. The molecule has 0 unspecified atom stereocenters. The summed E-state index contributed by atoms with van der Waals surface area (Å²) >= 11 is 5.59. The van der Waals surface area contributed by atoms with Crippen LogP contribution in [0.2, 0.25) is 0 Å². The van der Waals surface area contributed by atoms with Crippen molar-refractivity contribution < 1.29 is 4.74 Å². The van der Waals surface area contributed by atoms with Crippen molar-refractivity contribution in [3.63, 3.8) is 0 Å². The molecule has 1 aromatic heterocycles. The molecule has 0 bridgehead atoms. The Kier molecular flexibility index (Phi) is 5.52. The fourth-order valence-electron chi connectivity index (χ4n) is 1.77. The van der Waals surface area contributed by atoms with E-state index in [9.17, 15) is 0 Å². The van der Waals surface area contributed by atoms with Crippen molar-refractivity contribution in [3.05, 3.63) is 48.0 Å². The molecule has 1 aromatic carbocycles. The summed E-state index contributed by atoms with van der Waals surface area (Å²) in [5.74, 6) is 8.49. The topological polar surface area (TPSA) is 27.1 Å². The highest BCUT2D eigenvalue weighted by molar-refractivity contribution is 6.18. The number of aryl methyl sites for hydroxylation is 1. The van der Waals surface area contributed by atoms with Crippen LogP contribution in [0.3, 0.4) is 0 Å². The molecular weight excluding hydrogens is 272 g/mol. The quantitative estimate of drug-likeness (QED) is 0.625. The number of nitrogens with zero attached hydrogens (tertiary/aromatic N) is 2. The third-order valence-corrected chi connectivity index (χ3v) is 2.99. The molecular formula is C16H17ClN2O. The normalized spacial score (nSPS) is 9.90. The Labute approximate surface area is 124 Å². The number of benzene rings is 1. The van der Waals surface area contributed by atoms with E-state index in [-0.39, 0.29) is 0 Å². The van der Waals surface area contributed by atoms with Crippen LogP contribution in [-0.4, -0.2) is 22.0 Å². The number of hydrogen-bond acceptors (Lipinski definition) is 2. The lowest BCUT2D eigenvalue weighted by Crippen LogP contribution is -2.06. The molecule has 0 saturated carbocycles. The van der Waals surface area contributed by atoms with Crippen molar-refractivity contribution in [1.29, 1.82) is 0 Å². The highest BCUT2D eigenvalue weighted by Gasteiger charge is 2.00. The molecule has 0 N–H and O–H groups in total. The lowest BCUT2D eigenvalue weighted by atomic mass is 10.2. The molecule has 0 aliphatic rings. The maximum atomic E-state index is 5.73. The SMILES string of the molecule is Cn1ccnc1CCOc1cccc(C#CCCCl)c1. The van der Waals surface area contributed by atoms with Crippen LogP contribution in [0.1, 0.15) is 17.8 Å². The summed E-state index contributed by atoms with van der Waals surface area (Å²) in [6.07, 6.45) is 5.21. The molecule has 0 aliphatic carbocycles. The largest absolute Gasteiger partial charge is 0.493 e. The molecule has 2 aromatic rings. The molecule has 20 heavy (non-hydrogen) atoms. The summed E-state index contributed by atoms with van der Waals surface area (Å²) in [5, 5.41) is 0. The number of aromatic nitrogens is 2. The summed E-state index contributed by atoms with van der Waals surface area (Å²) in [6.45, 7) is 0.601. The summed E-state index contributed by atoms with van der Waals surface area (Å²) < 4.78 is 7.73. The van der Waals surface area contributed by atoms with E-state index in [0.717, 1.165) is 23.6 Å². The molecule has 0 radical (unpaired) electrons. The van der Waals surface area contributed by atoms with Gasteiger partial charge in [0.05, 0.1) is 6.61 Å². The van der Waals surface area contributed by atoms with Crippen LogP contribution in [0.5, 0.6) is 5.75 Å². The first-order chi connectivity index (χ1) is 9.79. The zero-order chi connectivity index (χ0) is 14.2. The summed E-state index contributed by atoms with van der Waals surface area (Å²) in [4.78, 5) is 4.26. The van der Waals surface area contributed by atoms with Crippen molar-refractivity contribution in [2.24, 2.45) is 7.05 Å². The van der Waals surface area contributed by atoms with Crippen molar-refractivity contribution in [2.45, 2.75) is 12.8 Å². The van der Waals surface area contributed by atoms with Gasteiger partial charge in [0.15, 0.2) is 0 Å². The van der Waals surface area contributed by atoms with E-state index in [1.54, 1.807) is 6.20 Å². The smallest absolute Gasteiger partial charge is 0.120 e. The fourth-order valence-corrected chi connectivity index (χ4v) is 1.87. The fraction of sp³-hybridized carbons (Fsp3) is 0.312. The van der Waals surface area contributed by atoms with Gasteiger partial charge in [-0.05, 0) is 18.2 Å². The molecule has 0 spiro atoms. The van der Waals surface area contributed by atoms with Gasteiger partial charge in [0.2, 0.25) is 0 Å². The van der Waals surface area contributed by atoms with Gasteiger partial charge in [0.1, 0.15) is 11.6 Å². The van der Waals surface area contributed by atoms with E-state index in [4.69, 9.17) is 16.3 Å². The molecule has 1 heterocycles. The number of hydrogen-bond donors (Lipinski definition) is 0. The van der Waals surface area contributed by atoms with Crippen LogP contribution in [0.15, 0.2) is 36.7 Å². The van der Waals surface area contributed by atoms with Crippen molar-refractivity contribution in [1.82, 2.24) is 9.55 Å². The van der Waals surface area contributed by atoms with Crippen LogP contribution >= 0.6 is 11.6 Å². The predicted octanol–water partition coefficient (Wildman–Crippen LogP) is 3.02. The Morgan fingerprint density at radius 1 is 1.40 bits per heavy atom. The molecule has 4 heteroatoms. The van der Waals surface area contributed by atoms with Gasteiger partial charge >= 0.3 is 0 Å². The monoisotopic (exact) mass is 288 g/mol. The maximum Gasteiger partial charge on any atom is 0.120 e. The Morgan fingerprint density at radius 3 is 3.05 bits per heavy atom. The van der Waals surface area contributed by atoms with E-state index >= 15 is 0 Å². The third-order valence-electron chi connectivity index (χ3n) is 2.80. The average molecular weight is 289 g/mol. The minimum Gasteiger partial charge on any atom is -0.493 e. The van der Waals surface area contributed by atoms with Gasteiger partial charge in [-0.3, -0.25) is 0 Å². The van der Waals surface area contributed by atoms with E-state index in [0.29, 0.717) is 18.9 Å². The van der Waals surface area contributed by atoms with Crippen LogP contribution in [0, 0.1) is 11.8 Å². The third kappa shape index (κ3) is 4.32. The Morgan fingerprint density at radius 2 is 2.30 bits per heavy atom. The maximum absolute atomic E-state index is 5.73. The molecule has 0 amide bonds. The van der Waals surface area contributed by atoms with Crippen molar-refractivity contribution >= 4 is 11.6 Å². The van der Waals surface area contributed by atoms with Gasteiger partial charge in [-0.25, -0.2) is 4.98 Å².